The highest BCUT2D eigenvalue weighted by molar-refractivity contribution is 7.18. The Kier molecular flexibility index (Phi) is 4.66. The number of benzene rings is 2. The highest BCUT2D eigenvalue weighted by Crippen LogP contribution is 2.47. The molecular weight excluding hydrogens is 461 g/mol. The summed E-state index contributed by atoms with van der Waals surface area (Å²) in [6.07, 6.45) is 2.88. The Hall–Kier alpha value is -3.10. The van der Waals surface area contributed by atoms with Gasteiger partial charge in [0.05, 0.1) is 20.9 Å². The topological polar surface area (TPSA) is 77.2 Å². The van der Waals surface area contributed by atoms with Crippen molar-refractivity contribution in [2.75, 3.05) is 18.0 Å². The Labute approximate surface area is 207 Å². The van der Waals surface area contributed by atoms with Crippen molar-refractivity contribution in [1.82, 2.24) is 15.0 Å². The first-order chi connectivity index (χ1) is 16.9. The molecule has 2 aliphatic carbocycles. The number of hydrogen-bond acceptors (Lipinski definition) is 7. The Morgan fingerprint density at radius 2 is 1.97 bits per heavy atom. The Balaban J connectivity index is 1.32. The van der Waals surface area contributed by atoms with E-state index in [1.54, 1.807) is 23.5 Å². The number of halogens is 1. The number of fused-ring (bicyclic) bond motifs is 5. The molecule has 8 heteroatoms. The minimum atomic E-state index is -0.229. The summed E-state index contributed by atoms with van der Waals surface area (Å²) < 4.78 is 21.8. The first-order valence-electron chi connectivity index (χ1n) is 12.2. The van der Waals surface area contributed by atoms with Gasteiger partial charge in [0, 0.05) is 37.2 Å². The van der Waals surface area contributed by atoms with E-state index in [0.717, 1.165) is 74.9 Å². The molecule has 0 radical (unpaired) electrons. The molecular formula is C27H26FN5OS. The van der Waals surface area contributed by atoms with Gasteiger partial charge in [0.15, 0.2) is 0 Å². The third kappa shape index (κ3) is 3.42. The fraction of sp³-hybridized carbons (Fsp3) is 0.370. The van der Waals surface area contributed by atoms with E-state index in [2.05, 4.69) is 9.88 Å². The van der Waals surface area contributed by atoms with Crippen LogP contribution < -0.4 is 15.4 Å². The number of aryl methyl sites for hydroxylation is 2. The average Bonchev–Trinajstić information content (AvgIpc) is 3.56. The highest BCUT2D eigenvalue weighted by Gasteiger charge is 2.43. The highest BCUT2D eigenvalue weighted by atomic mass is 32.1. The molecule has 35 heavy (non-hydrogen) atoms. The monoisotopic (exact) mass is 487 g/mol. The van der Waals surface area contributed by atoms with Gasteiger partial charge in [-0.15, -0.1) is 11.3 Å². The second-order valence-electron chi connectivity index (χ2n) is 10.1. The van der Waals surface area contributed by atoms with Crippen molar-refractivity contribution in [2.24, 2.45) is 17.6 Å². The molecule has 0 bridgehead atoms. The van der Waals surface area contributed by atoms with Gasteiger partial charge in [0.25, 0.3) is 0 Å². The van der Waals surface area contributed by atoms with E-state index in [9.17, 15) is 4.39 Å². The molecule has 1 aliphatic heterocycles. The average molecular weight is 488 g/mol. The van der Waals surface area contributed by atoms with Crippen LogP contribution in [0.4, 0.5) is 10.2 Å². The lowest BCUT2D eigenvalue weighted by Gasteiger charge is -2.23. The number of rotatable bonds is 3. The van der Waals surface area contributed by atoms with Crippen molar-refractivity contribution < 1.29 is 9.13 Å². The molecule has 2 aromatic carbocycles. The summed E-state index contributed by atoms with van der Waals surface area (Å²) in [5.41, 5.74) is 12.1. The molecule has 3 heterocycles. The van der Waals surface area contributed by atoms with Gasteiger partial charge in [-0.3, -0.25) is 0 Å². The molecule has 2 aromatic heterocycles. The molecule has 0 spiro atoms. The summed E-state index contributed by atoms with van der Waals surface area (Å²) in [5.74, 6) is 2.31. The molecule has 1 saturated carbocycles. The number of nitrogens with two attached hydrogens (primary N) is 1. The van der Waals surface area contributed by atoms with E-state index < -0.39 is 0 Å². The van der Waals surface area contributed by atoms with Gasteiger partial charge in [0.2, 0.25) is 0 Å². The van der Waals surface area contributed by atoms with E-state index in [0.29, 0.717) is 30.0 Å². The molecule has 6 nitrogen and oxygen atoms in total. The van der Waals surface area contributed by atoms with Crippen LogP contribution >= 0.6 is 11.3 Å². The molecule has 2 fully saturated rings. The van der Waals surface area contributed by atoms with Crippen molar-refractivity contribution in [3.05, 3.63) is 58.0 Å². The fourth-order valence-corrected chi connectivity index (χ4v) is 7.03. The fourth-order valence-electron chi connectivity index (χ4n) is 6.22. The second kappa shape index (κ2) is 7.70. The first-order valence-corrected chi connectivity index (χ1v) is 13.0. The van der Waals surface area contributed by atoms with Crippen LogP contribution in [0, 0.1) is 31.5 Å². The Bertz CT molecular complexity index is 1500. The zero-order valence-corrected chi connectivity index (χ0v) is 20.5. The van der Waals surface area contributed by atoms with Gasteiger partial charge < -0.3 is 15.4 Å². The van der Waals surface area contributed by atoms with Crippen LogP contribution in [0.1, 0.15) is 34.7 Å². The number of hydrogen-bond donors (Lipinski definition) is 1. The number of ether oxygens (including phenoxy) is 1. The van der Waals surface area contributed by atoms with Crippen LogP contribution in [0.3, 0.4) is 0 Å². The van der Waals surface area contributed by atoms with E-state index in [1.807, 2.05) is 32.0 Å². The molecule has 3 atom stereocenters. The third-order valence-corrected chi connectivity index (χ3v) is 8.83. The Morgan fingerprint density at radius 3 is 2.83 bits per heavy atom. The van der Waals surface area contributed by atoms with Crippen molar-refractivity contribution >= 4 is 27.4 Å². The predicted octanol–water partition coefficient (Wildman–Crippen LogP) is 5.38. The first kappa shape index (κ1) is 21.2. The van der Waals surface area contributed by atoms with Crippen molar-refractivity contribution in [1.29, 1.82) is 0 Å². The third-order valence-electron chi connectivity index (χ3n) is 7.88. The number of thiazole rings is 1. The van der Waals surface area contributed by atoms with Crippen LogP contribution in [0.25, 0.3) is 21.3 Å². The maximum absolute atomic E-state index is 14.5. The van der Waals surface area contributed by atoms with Crippen molar-refractivity contribution in [2.45, 2.75) is 39.2 Å². The zero-order chi connectivity index (χ0) is 23.8. The number of nitrogens with zero attached hydrogens (tertiary/aromatic N) is 4. The van der Waals surface area contributed by atoms with E-state index in [1.165, 1.54) is 0 Å². The standard InChI is InChI=1S/C27H26FN5OS/c1-13-7-16(28)8-19-18(13)10-23-25(19)26(33-11-15-3-5-21(29)20(15)12-33)32-27(31-23)34-17-4-6-24-22(9-17)30-14(2)35-24/h4,6-9,15,20-21H,3,5,10-12,29H2,1-2H3/t15-,20+,21-/m1/s1. The molecule has 7 rings (SSSR count). The minimum absolute atomic E-state index is 0.229. The van der Waals surface area contributed by atoms with Gasteiger partial charge in [-0.1, -0.05) is 0 Å². The lowest BCUT2D eigenvalue weighted by Crippen LogP contribution is -2.30. The van der Waals surface area contributed by atoms with Gasteiger partial charge in [0.1, 0.15) is 17.4 Å². The molecule has 3 aliphatic rings. The quantitative estimate of drug-likeness (QED) is 0.368. The minimum Gasteiger partial charge on any atom is -0.424 e. The van der Waals surface area contributed by atoms with Crippen LogP contribution in [0.2, 0.25) is 0 Å². The van der Waals surface area contributed by atoms with E-state index in [4.69, 9.17) is 20.4 Å². The molecule has 0 amide bonds. The largest absolute Gasteiger partial charge is 0.424 e. The second-order valence-corrected chi connectivity index (χ2v) is 11.3. The summed E-state index contributed by atoms with van der Waals surface area (Å²) in [4.78, 5) is 16.6. The van der Waals surface area contributed by atoms with Gasteiger partial charge in [-0.25, -0.2) is 9.37 Å². The molecule has 178 valence electrons. The summed E-state index contributed by atoms with van der Waals surface area (Å²) >= 11 is 1.66. The number of aromatic nitrogens is 3. The van der Waals surface area contributed by atoms with Gasteiger partial charge >= 0.3 is 6.01 Å². The predicted molar refractivity (Wildman–Crippen MR) is 136 cm³/mol. The summed E-state index contributed by atoms with van der Waals surface area (Å²) in [6.45, 7) is 5.74. The van der Waals surface area contributed by atoms with Crippen LogP contribution in [0.5, 0.6) is 11.8 Å². The van der Waals surface area contributed by atoms with Crippen LogP contribution in [0.15, 0.2) is 30.3 Å². The van der Waals surface area contributed by atoms with E-state index in [-0.39, 0.29) is 11.9 Å². The Morgan fingerprint density at radius 1 is 1.09 bits per heavy atom. The van der Waals surface area contributed by atoms with E-state index >= 15 is 0 Å². The molecule has 0 unspecified atom stereocenters. The normalized spacial score (nSPS) is 22.5. The van der Waals surface area contributed by atoms with Gasteiger partial charge in [-0.2, -0.15) is 9.97 Å². The van der Waals surface area contributed by atoms with Crippen molar-refractivity contribution in [3.63, 3.8) is 0 Å². The van der Waals surface area contributed by atoms with Crippen LogP contribution in [-0.4, -0.2) is 34.1 Å². The molecule has 1 saturated heterocycles. The molecule has 2 N–H and O–H groups in total. The summed E-state index contributed by atoms with van der Waals surface area (Å²) in [6, 6.07) is 9.66. The lowest BCUT2D eigenvalue weighted by molar-refractivity contribution is 0.440. The maximum atomic E-state index is 14.5. The smallest absolute Gasteiger partial charge is 0.324 e. The van der Waals surface area contributed by atoms with Gasteiger partial charge in [-0.05, 0) is 79.5 Å². The zero-order valence-electron chi connectivity index (χ0n) is 19.7. The van der Waals surface area contributed by atoms with Crippen LogP contribution in [-0.2, 0) is 6.42 Å². The summed E-state index contributed by atoms with van der Waals surface area (Å²) in [5, 5.41) is 1.02. The SMILES string of the molecule is Cc1nc2cc(Oc3nc4c(c(N5C[C@H]6CC[C@@H](N)[C@H]6C5)n3)-c3cc(F)cc(C)c3C4)ccc2s1. The lowest BCUT2D eigenvalue weighted by atomic mass is 9.98. The maximum Gasteiger partial charge on any atom is 0.324 e. The molecule has 4 aromatic rings. The van der Waals surface area contributed by atoms with Crippen molar-refractivity contribution in [3.8, 4) is 22.9 Å². The number of anilines is 1. The summed E-state index contributed by atoms with van der Waals surface area (Å²) in [7, 11) is 0.